The van der Waals surface area contributed by atoms with Gasteiger partial charge >= 0.3 is 5.63 Å². The van der Waals surface area contributed by atoms with Crippen molar-refractivity contribution in [1.29, 1.82) is 5.26 Å². The van der Waals surface area contributed by atoms with Crippen LogP contribution in [0.5, 0.6) is 0 Å². The topological polar surface area (TPSA) is 126 Å². The number of amides is 1. The van der Waals surface area contributed by atoms with Gasteiger partial charge in [-0.2, -0.15) is 5.26 Å². The molecule has 0 fully saturated rings. The fourth-order valence-electron chi connectivity index (χ4n) is 2.59. The number of carbonyl (C=O) groups excluding carboxylic acids is 1. The van der Waals surface area contributed by atoms with E-state index in [1.54, 1.807) is 0 Å². The maximum atomic E-state index is 12.3. The molecule has 120 valence electrons. The number of rotatable bonds is 3. The molecule has 0 atom stereocenters. The molecular formula is C16H11N3O5. The van der Waals surface area contributed by atoms with Crippen LogP contribution in [0.4, 0.5) is 5.69 Å². The van der Waals surface area contributed by atoms with Crippen molar-refractivity contribution in [3.63, 3.8) is 0 Å². The summed E-state index contributed by atoms with van der Waals surface area (Å²) in [4.78, 5) is 34.5. The van der Waals surface area contributed by atoms with Crippen LogP contribution >= 0.6 is 0 Å². The number of nitriles is 1. The van der Waals surface area contributed by atoms with Crippen molar-refractivity contribution in [3.8, 4) is 6.07 Å². The van der Waals surface area contributed by atoms with Crippen molar-refractivity contribution in [1.82, 2.24) is 5.32 Å². The second-order valence-corrected chi connectivity index (χ2v) is 5.30. The molecule has 8 nitrogen and oxygen atoms in total. The Labute approximate surface area is 135 Å². The average Bonchev–Trinajstić information content (AvgIpc) is 3.00. The van der Waals surface area contributed by atoms with E-state index in [9.17, 15) is 19.7 Å². The van der Waals surface area contributed by atoms with Gasteiger partial charge in [0.2, 0.25) is 0 Å². The van der Waals surface area contributed by atoms with Crippen molar-refractivity contribution in [2.45, 2.75) is 19.3 Å². The summed E-state index contributed by atoms with van der Waals surface area (Å²) in [6, 6.07) is 7.03. The van der Waals surface area contributed by atoms with Crippen LogP contribution < -0.4 is 10.9 Å². The van der Waals surface area contributed by atoms with E-state index in [0.717, 1.165) is 6.42 Å². The summed E-state index contributed by atoms with van der Waals surface area (Å²) in [7, 11) is 0. The zero-order valence-electron chi connectivity index (χ0n) is 12.4. The van der Waals surface area contributed by atoms with Gasteiger partial charge in [-0.25, -0.2) is 4.79 Å². The van der Waals surface area contributed by atoms with E-state index in [2.05, 4.69) is 5.32 Å². The number of hydrogen-bond donors (Lipinski definition) is 1. The maximum absolute atomic E-state index is 12.3. The van der Waals surface area contributed by atoms with Gasteiger partial charge in [0.1, 0.15) is 11.1 Å². The number of nitrogens with zero attached hydrogens (tertiary/aromatic N) is 2. The number of nitro benzene ring substituents is 1. The molecule has 0 saturated heterocycles. The van der Waals surface area contributed by atoms with Gasteiger partial charge in [0.05, 0.1) is 11.0 Å². The van der Waals surface area contributed by atoms with Crippen LogP contribution in [0.3, 0.4) is 0 Å². The Kier molecular flexibility index (Phi) is 3.83. The first kappa shape index (κ1) is 15.4. The van der Waals surface area contributed by atoms with Gasteiger partial charge < -0.3 is 9.73 Å². The van der Waals surface area contributed by atoms with E-state index in [1.807, 2.05) is 6.07 Å². The first-order valence-corrected chi connectivity index (χ1v) is 7.15. The van der Waals surface area contributed by atoms with Crippen molar-refractivity contribution in [2.75, 3.05) is 0 Å². The number of nitrogens with one attached hydrogen (secondary N) is 1. The van der Waals surface area contributed by atoms with Gasteiger partial charge in [-0.05, 0) is 31.4 Å². The number of fused-ring (bicyclic) bond motifs is 1. The molecule has 1 amide bonds. The van der Waals surface area contributed by atoms with Gasteiger partial charge in [0.15, 0.2) is 0 Å². The molecule has 1 aliphatic carbocycles. The van der Waals surface area contributed by atoms with E-state index in [4.69, 9.17) is 9.68 Å². The van der Waals surface area contributed by atoms with Crippen LogP contribution in [0.1, 0.15) is 29.6 Å². The molecule has 8 heteroatoms. The Hall–Kier alpha value is -3.47. The summed E-state index contributed by atoms with van der Waals surface area (Å²) in [5, 5.41) is 22.7. The lowest BCUT2D eigenvalue weighted by Crippen LogP contribution is -2.27. The number of carbonyl (C=O) groups is 1. The van der Waals surface area contributed by atoms with Crippen LogP contribution in [-0.4, -0.2) is 10.8 Å². The van der Waals surface area contributed by atoms with Crippen LogP contribution in [-0.2, 0) is 0 Å². The van der Waals surface area contributed by atoms with Crippen molar-refractivity contribution >= 4 is 22.6 Å². The van der Waals surface area contributed by atoms with Gasteiger partial charge in [0, 0.05) is 28.8 Å². The predicted octanol–water partition coefficient (Wildman–Crippen LogP) is 2.39. The Morgan fingerprint density at radius 3 is 2.83 bits per heavy atom. The van der Waals surface area contributed by atoms with E-state index in [-0.39, 0.29) is 22.2 Å². The standard InChI is InChI=1S/C16H11N3O5/c17-8-9-2-1-3-13(9)18-15(20)12-7-10-6-11(19(22)23)4-5-14(10)24-16(12)21/h4-7H,1-3H2,(H,18,20). The minimum Gasteiger partial charge on any atom is -0.422 e. The fraction of sp³-hybridized carbons (Fsp3) is 0.188. The molecule has 1 aliphatic rings. The van der Waals surface area contributed by atoms with Gasteiger partial charge in [0.25, 0.3) is 11.6 Å². The minimum atomic E-state index is -0.842. The first-order chi connectivity index (χ1) is 11.5. The van der Waals surface area contributed by atoms with Gasteiger partial charge in [-0.1, -0.05) is 0 Å². The summed E-state index contributed by atoms with van der Waals surface area (Å²) in [5.41, 5.74) is -0.135. The average molecular weight is 325 g/mol. The second-order valence-electron chi connectivity index (χ2n) is 5.30. The normalized spacial score (nSPS) is 13.8. The lowest BCUT2D eigenvalue weighted by atomic mass is 10.1. The van der Waals surface area contributed by atoms with Crippen LogP contribution in [0, 0.1) is 21.4 Å². The first-order valence-electron chi connectivity index (χ1n) is 7.15. The Morgan fingerprint density at radius 1 is 1.33 bits per heavy atom. The number of allylic oxidation sites excluding steroid dienone is 2. The monoisotopic (exact) mass is 325 g/mol. The molecule has 0 radical (unpaired) electrons. The SMILES string of the molecule is N#CC1=C(NC(=O)c2cc3cc([N+](=O)[O-])ccc3oc2=O)CCC1. The zero-order chi connectivity index (χ0) is 17.3. The molecule has 0 bridgehead atoms. The smallest absolute Gasteiger partial charge is 0.349 e. The third-order valence-electron chi connectivity index (χ3n) is 3.79. The third-order valence-corrected chi connectivity index (χ3v) is 3.79. The van der Waals surface area contributed by atoms with E-state index in [1.165, 1.54) is 24.3 Å². The number of nitro groups is 1. The summed E-state index contributed by atoms with van der Waals surface area (Å²) in [6.07, 6.45) is 1.90. The Balaban J connectivity index is 2.01. The van der Waals surface area contributed by atoms with Gasteiger partial charge in [-0.3, -0.25) is 14.9 Å². The largest absolute Gasteiger partial charge is 0.422 e. The third kappa shape index (κ3) is 2.75. The molecule has 0 spiro atoms. The highest BCUT2D eigenvalue weighted by Crippen LogP contribution is 2.24. The summed E-state index contributed by atoms with van der Waals surface area (Å²) < 4.78 is 5.05. The van der Waals surface area contributed by atoms with Crippen LogP contribution in [0.2, 0.25) is 0 Å². The minimum absolute atomic E-state index is 0.153. The Morgan fingerprint density at radius 2 is 2.12 bits per heavy atom. The van der Waals surface area contributed by atoms with Crippen LogP contribution in [0.15, 0.2) is 44.7 Å². The van der Waals surface area contributed by atoms with Gasteiger partial charge in [-0.15, -0.1) is 0 Å². The van der Waals surface area contributed by atoms with E-state index in [0.29, 0.717) is 24.1 Å². The highest BCUT2D eigenvalue weighted by molar-refractivity contribution is 5.97. The predicted molar refractivity (Wildman–Crippen MR) is 83.1 cm³/mol. The molecule has 0 aliphatic heterocycles. The van der Waals surface area contributed by atoms with Crippen LogP contribution in [0.25, 0.3) is 11.0 Å². The van der Waals surface area contributed by atoms with E-state index < -0.39 is 16.5 Å². The van der Waals surface area contributed by atoms with Crippen molar-refractivity contribution in [3.05, 3.63) is 61.6 Å². The molecule has 1 heterocycles. The number of non-ortho nitro benzene ring substituents is 1. The van der Waals surface area contributed by atoms with Crippen molar-refractivity contribution in [2.24, 2.45) is 0 Å². The molecule has 3 rings (SSSR count). The highest BCUT2D eigenvalue weighted by Gasteiger charge is 2.20. The van der Waals surface area contributed by atoms with Crippen molar-refractivity contribution < 1.29 is 14.1 Å². The summed E-state index contributed by atoms with van der Waals surface area (Å²) in [6.45, 7) is 0. The zero-order valence-corrected chi connectivity index (χ0v) is 12.4. The quantitative estimate of drug-likeness (QED) is 0.524. The lowest BCUT2D eigenvalue weighted by Gasteiger charge is -2.06. The molecule has 0 unspecified atom stereocenters. The lowest BCUT2D eigenvalue weighted by molar-refractivity contribution is -0.384. The maximum Gasteiger partial charge on any atom is 0.349 e. The number of hydrogen-bond acceptors (Lipinski definition) is 6. The molecule has 24 heavy (non-hydrogen) atoms. The fourth-order valence-corrected chi connectivity index (χ4v) is 2.59. The molecular weight excluding hydrogens is 314 g/mol. The summed E-state index contributed by atoms with van der Waals surface area (Å²) >= 11 is 0. The van der Waals surface area contributed by atoms with E-state index >= 15 is 0 Å². The number of benzene rings is 1. The molecule has 1 aromatic heterocycles. The Bertz CT molecular complexity index is 997. The molecule has 1 aromatic carbocycles. The summed E-state index contributed by atoms with van der Waals surface area (Å²) in [5.74, 6) is -0.693. The molecule has 1 N–H and O–H groups in total. The highest BCUT2D eigenvalue weighted by atomic mass is 16.6. The molecule has 0 saturated carbocycles. The second kappa shape index (κ2) is 5.96. The molecule has 2 aromatic rings.